The van der Waals surface area contributed by atoms with E-state index < -0.39 is 5.97 Å². The van der Waals surface area contributed by atoms with Gasteiger partial charge in [0.1, 0.15) is 0 Å². The van der Waals surface area contributed by atoms with Crippen molar-refractivity contribution in [2.45, 2.75) is 45.1 Å². The number of anilines is 2. The molecule has 4 heteroatoms. The molecule has 19 heavy (non-hydrogen) atoms. The predicted octanol–water partition coefficient (Wildman–Crippen LogP) is 3.04. The lowest BCUT2D eigenvalue weighted by molar-refractivity contribution is 0.0698. The molecule has 0 bridgehead atoms. The van der Waals surface area contributed by atoms with E-state index in [0.29, 0.717) is 11.7 Å². The third kappa shape index (κ3) is 2.83. The van der Waals surface area contributed by atoms with Crippen molar-refractivity contribution < 1.29 is 9.90 Å². The average Bonchev–Trinajstić information content (AvgIpc) is 2.41. The summed E-state index contributed by atoms with van der Waals surface area (Å²) in [5, 5.41) is 9.21. The molecule has 0 saturated heterocycles. The summed E-state index contributed by atoms with van der Waals surface area (Å²) in [6, 6.07) is 4.19. The first kappa shape index (κ1) is 13.7. The minimum Gasteiger partial charge on any atom is -0.478 e. The highest BCUT2D eigenvalue weighted by molar-refractivity contribution is 5.95. The molecule has 0 atom stereocenters. The van der Waals surface area contributed by atoms with Gasteiger partial charge >= 0.3 is 5.97 Å². The number of nitrogens with two attached hydrogens (primary N) is 1. The van der Waals surface area contributed by atoms with Gasteiger partial charge in [-0.2, -0.15) is 0 Å². The monoisotopic (exact) mass is 262 g/mol. The maximum Gasteiger partial charge on any atom is 0.337 e. The van der Waals surface area contributed by atoms with E-state index >= 15 is 0 Å². The molecule has 3 N–H and O–H groups in total. The molecule has 0 aliphatic heterocycles. The third-order valence-electron chi connectivity index (χ3n) is 4.13. The molecule has 1 fully saturated rings. The van der Waals surface area contributed by atoms with Gasteiger partial charge in [-0.3, -0.25) is 0 Å². The van der Waals surface area contributed by atoms with E-state index in [2.05, 4.69) is 4.90 Å². The van der Waals surface area contributed by atoms with Crippen LogP contribution < -0.4 is 10.6 Å². The first-order valence-corrected chi connectivity index (χ1v) is 6.87. The fraction of sp³-hybridized carbons (Fsp3) is 0.533. The molecule has 1 saturated carbocycles. The van der Waals surface area contributed by atoms with E-state index in [1.54, 1.807) is 6.07 Å². The Hall–Kier alpha value is -1.71. The smallest absolute Gasteiger partial charge is 0.337 e. The number of nitrogen functional groups attached to an aromatic ring is 1. The SMILES string of the molecule is Cc1cc(N(C)C2CCCCC2)cc(C(=O)O)c1N. The van der Waals surface area contributed by atoms with Crippen molar-refractivity contribution in [3.05, 3.63) is 23.3 Å². The molecule has 0 heterocycles. The molecule has 2 rings (SSSR count). The van der Waals surface area contributed by atoms with Gasteiger partial charge in [-0.05, 0) is 37.5 Å². The van der Waals surface area contributed by atoms with Crippen molar-refractivity contribution in [3.8, 4) is 0 Å². The van der Waals surface area contributed by atoms with Crippen LogP contribution in [-0.4, -0.2) is 24.2 Å². The normalized spacial score (nSPS) is 16.3. The second-order valence-electron chi connectivity index (χ2n) is 5.43. The van der Waals surface area contributed by atoms with Crippen molar-refractivity contribution in [1.82, 2.24) is 0 Å². The Morgan fingerprint density at radius 3 is 2.53 bits per heavy atom. The molecule has 4 nitrogen and oxygen atoms in total. The van der Waals surface area contributed by atoms with E-state index in [4.69, 9.17) is 5.73 Å². The highest BCUT2D eigenvalue weighted by Crippen LogP contribution is 2.30. The second-order valence-corrected chi connectivity index (χ2v) is 5.43. The molecule has 104 valence electrons. The Morgan fingerprint density at radius 1 is 1.32 bits per heavy atom. The zero-order chi connectivity index (χ0) is 14.0. The lowest BCUT2D eigenvalue weighted by Crippen LogP contribution is -2.33. The van der Waals surface area contributed by atoms with E-state index in [1.165, 1.54) is 32.1 Å². The molecule has 0 radical (unpaired) electrons. The first-order valence-electron chi connectivity index (χ1n) is 6.87. The lowest BCUT2D eigenvalue weighted by atomic mass is 9.94. The van der Waals surface area contributed by atoms with Crippen LogP contribution in [0.15, 0.2) is 12.1 Å². The summed E-state index contributed by atoms with van der Waals surface area (Å²) in [6.45, 7) is 1.86. The standard InChI is InChI=1S/C15H22N2O2/c1-10-8-12(9-13(14(10)16)15(18)19)17(2)11-6-4-3-5-7-11/h8-9,11H,3-7,16H2,1-2H3,(H,18,19). The lowest BCUT2D eigenvalue weighted by Gasteiger charge is -2.33. The van der Waals surface area contributed by atoms with Gasteiger partial charge in [0.15, 0.2) is 0 Å². The Kier molecular flexibility index (Phi) is 3.98. The minimum absolute atomic E-state index is 0.206. The second kappa shape index (κ2) is 5.51. The Labute approximate surface area is 114 Å². The number of nitrogens with zero attached hydrogens (tertiary/aromatic N) is 1. The summed E-state index contributed by atoms with van der Waals surface area (Å²) in [4.78, 5) is 13.4. The molecule has 0 spiro atoms. The van der Waals surface area contributed by atoms with Crippen molar-refractivity contribution >= 4 is 17.3 Å². The fourth-order valence-electron chi connectivity index (χ4n) is 2.84. The van der Waals surface area contributed by atoms with E-state index in [-0.39, 0.29) is 5.56 Å². The Bertz CT molecular complexity index is 479. The average molecular weight is 262 g/mol. The molecule has 0 unspecified atom stereocenters. The highest BCUT2D eigenvalue weighted by atomic mass is 16.4. The molecule has 0 amide bonds. The largest absolute Gasteiger partial charge is 0.478 e. The number of aromatic carboxylic acids is 1. The molecular formula is C15H22N2O2. The number of carboxylic acid groups (broad SMARTS) is 1. The predicted molar refractivity (Wildman–Crippen MR) is 77.8 cm³/mol. The summed E-state index contributed by atoms with van der Waals surface area (Å²) < 4.78 is 0. The number of hydrogen-bond acceptors (Lipinski definition) is 3. The van der Waals surface area contributed by atoms with E-state index in [9.17, 15) is 9.90 Å². The van der Waals surface area contributed by atoms with Crippen LogP contribution in [0.2, 0.25) is 0 Å². The van der Waals surface area contributed by atoms with Gasteiger partial charge in [0.05, 0.1) is 5.56 Å². The van der Waals surface area contributed by atoms with Crippen molar-refractivity contribution in [2.75, 3.05) is 17.7 Å². The Balaban J connectivity index is 2.31. The van der Waals surface area contributed by atoms with Crippen LogP contribution >= 0.6 is 0 Å². The first-order chi connectivity index (χ1) is 9.00. The summed E-state index contributed by atoms with van der Waals surface area (Å²) in [5.74, 6) is -0.959. The number of carboxylic acids is 1. The zero-order valence-electron chi connectivity index (χ0n) is 11.6. The van der Waals surface area contributed by atoms with Gasteiger partial charge in [-0.25, -0.2) is 4.79 Å². The quantitative estimate of drug-likeness (QED) is 0.822. The van der Waals surface area contributed by atoms with Crippen LogP contribution in [-0.2, 0) is 0 Å². The maximum absolute atomic E-state index is 11.2. The van der Waals surface area contributed by atoms with Crippen LogP contribution in [0.25, 0.3) is 0 Å². The van der Waals surface area contributed by atoms with Crippen LogP contribution in [0.5, 0.6) is 0 Å². The topological polar surface area (TPSA) is 66.6 Å². The summed E-state index contributed by atoms with van der Waals surface area (Å²) >= 11 is 0. The molecule has 1 aliphatic rings. The van der Waals surface area contributed by atoms with Gasteiger partial charge in [-0.15, -0.1) is 0 Å². The van der Waals surface area contributed by atoms with Gasteiger partial charge in [0.2, 0.25) is 0 Å². The van der Waals surface area contributed by atoms with Crippen LogP contribution in [0, 0.1) is 6.92 Å². The molecule has 1 aliphatic carbocycles. The summed E-state index contributed by atoms with van der Waals surface area (Å²) in [6.07, 6.45) is 6.19. The fourth-order valence-corrected chi connectivity index (χ4v) is 2.84. The molecule has 1 aromatic rings. The van der Waals surface area contributed by atoms with Crippen molar-refractivity contribution in [1.29, 1.82) is 0 Å². The van der Waals surface area contributed by atoms with Gasteiger partial charge in [0, 0.05) is 24.5 Å². The van der Waals surface area contributed by atoms with Crippen molar-refractivity contribution in [2.24, 2.45) is 0 Å². The Morgan fingerprint density at radius 2 is 1.95 bits per heavy atom. The van der Waals surface area contributed by atoms with Crippen molar-refractivity contribution in [3.63, 3.8) is 0 Å². The number of aryl methyl sites for hydroxylation is 1. The molecule has 0 aromatic heterocycles. The molecule has 1 aromatic carbocycles. The summed E-state index contributed by atoms with van der Waals surface area (Å²) in [5.41, 5.74) is 8.19. The van der Waals surface area contributed by atoms with Gasteiger partial charge in [0.25, 0.3) is 0 Å². The number of benzene rings is 1. The number of carbonyl (C=O) groups is 1. The van der Waals surface area contributed by atoms with E-state index in [1.807, 2.05) is 20.0 Å². The van der Waals surface area contributed by atoms with Crippen LogP contribution in [0.4, 0.5) is 11.4 Å². The number of hydrogen-bond donors (Lipinski definition) is 2. The summed E-state index contributed by atoms with van der Waals surface area (Å²) in [7, 11) is 2.05. The zero-order valence-corrected chi connectivity index (χ0v) is 11.6. The van der Waals surface area contributed by atoms with E-state index in [0.717, 1.165) is 11.3 Å². The third-order valence-corrected chi connectivity index (χ3v) is 4.13. The van der Waals surface area contributed by atoms with Gasteiger partial charge < -0.3 is 15.7 Å². The molecular weight excluding hydrogens is 240 g/mol. The van der Waals surface area contributed by atoms with Crippen LogP contribution in [0.1, 0.15) is 48.0 Å². The minimum atomic E-state index is -0.959. The van der Waals surface area contributed by atoms with Gasteiger partial charge in [-0.1, -0.05) is 19.3 Å². The number of rotatable bonds is 3. The highest BCUT2D eigenvalue weighted by Gasteiger charge is 2.20. The van der Waals surface area contributed by atoms with Crippen LogP contribution in [0.3, 0.4) is 0 Å². The maximum atomic E-state index is 11.2.